The number of carbonyl (C=O) groups excluding carboxylic acids is 1. The second kappa shape index (κ2) is 5.71. The maximum absolute atomic E-state index is 11.5. The lowest BCUT2D eigenvalue weighted by Gasteiger charge is -2.33. The SMILES string of the molecule is CC1CC(C)NC(CNC(=O)OC(C)(C)C)C1. The van der Waals surface area contributed by atoms with Gasteiger partial charge < -0.3 is 15.4 Å². The van der Waals surface area contributed by atoms with Gasteiger partial charge >= 0.3 is 6.09 Å². The van der Waals surface area contributed by atoms with E-state index in [-0.39, 0.29) is 6.09 Å². The van der Waals surface area contributed by atoms with Gasteiger partial charge in [-0.3, -0.25) is 0 Å². The Morgan fingerprint density at radius 1 is 1.35 bits per heavy atom. The van der Waals surface area contributed by atoms with E-state index >= 15 is 0 Å². The molecule has 1 amide bonds. The number of amides is 1. The minimum absolute atomic E-state index is 0.329. The maximum atomic E-state index is 11.5. The lowest BCUT2D eigenvalue weighted by Crippen LogP contribution is -2.49. The van der Waals surface area contributed by atoms with Crippen LogP contribution in [0.15, 0.2) is 0 Å². The molecule has 4 heteroatoms. The van der Waals surface area contributed by atoms with Crippen molar-refractivity contribution in [3.8, 4) is 0 Å². The molecule has 0 bridgehead atoms. The number of rotatable bonds is 2. The molecule has 1 aliphatic rings. The topological polar surface area (TPSA) is 50.4 Å². The Labute approximate surface area is 104 Å². The van der Waals surface area contributed by atoms with Crippen LogP contribution in [0.3, 0.4) is 0 Å². The lowest BCUT2D eigenvalue weighted by atomic mass is 9.90. The van der Waals surface area contributed by atoms with Crippen LogP contribution >= 0.6 is 0 Å². The summed E-state index contributed by atoms with van der Waals surface area (Å²) in [5.74, 6) is 0.719. The summed E-state index contributed by atoms with van der Waals surface area (Å²) in [4.78, 5) is 11.5. The molecule has 1 aliphatic heterocycles. The summed E-state index contributed by atoms with van der Waals surface area (Å²) in [7, 11) is 0. The fourth-order valence-electron chi connectivity index (χ4n) is 2.39. The standard InChI is InChI=1S/C13H26N2O2/c1-9-6-10(2)15-11(7-9)8-14-12(16)17-13(3,4)5/h9-11,15H,6-8H2,1-5H3,(H,14,16). The average molecular weight is 242 g/mol. The first-order valence-electron chi connectivity index (χ1n) is 6.49. The molecule has 4 nitrogen and oxygen atoms in total. The van der Waals surface area contributed by atoms with Crippen LogP contribution in [0.5, 0.6) is 0 Å². The lowest BCUT2D eigenvalue weighted by molar-refractivity contribution is 0.0516. The van der Waals surface area contributed by atoms with Crippen molar-refractivity contribution >= 4 is 6.09 Å². The highest BCUT2D eigenvalue weighted by molar-refractivity contribution is 5.67. The highest BCUT2D eigenvalue weighted by Crippen LogP contribution is 2.18. The van der Waals surface area contributed by atoms with Gasteiger partial charge in [0, 0.05) is 18.6 Å². The third-order valence-electron chi connectivity index (χ3n) is 2.85. The van der Waals surface area contributed by atoms with Gasteiger partial charge in [-0.1, -0.05) is 6.92 Å². The molecule has 3 atom stereocenters. The molecule has 100 valence electrons. The molecule has 0 aromatic rings. The van der Waals surface area contributed by atoms with E-state index in [1.165, 1.54) is 6.42 Å². The van der Waals surface area contributed by atoms with Crippen molar-refractivity contribution in [3.05, 3.63) is 0 Å². The number of alkyl carbamates (subject to hydrolysis) is 1. The van der Waals surface area contributed by atoms with E-state index in [0.29, 0.717) is 18.6 Å². The van der Waals surface area contributed by atoms with Crippen LogP contribution in [0.25, 0.3) is 0 Å². The molecule has 1 saturated heterocycles. The number of piperidine rings is 1. The monoisotopic (exact) mass is 242 g/mol. The quantitative estimate of drug-likeness (QED) is 0.781. The molecular formula is C13H26N2O2. The first-order chi connectivity index (χ1) is 7.76. The molecule has 17 heavy (non-hydrogen) atoms. The van der Waals surface area contributed by atoms with E-state index in [9.17, 15) is 4.79 Å². The first kappa shape index (κ1) is 14.3. The number of hydrogen-bond acceptors (Lipinski definition) is 3. The number of hydrogen-bond donors (Lipinski definition) is 2. The summed E-state index contributed by atoms with van der Waals surface area (Å²) in [6.07, 6.45) is 1.99. The van der Waals surface area contributed by atoms with Crippen molar-refractivity contribution in [1.82, 2.24) is 10.6 Å². The number of carbonyl (C=O) groups is 1. The Kier molecular flexibility index (Phi) is 4.80. The van der Waals surface area contributed by atoms with Gasteiger partial charge in [-0.05, 0) is 46.5 Å². The average Bonchev–Trinajstić information content (AvgIpc) is 2.10. The largest absolute Gasteiger partial charge is 0.444 e. The Bertz CT molecular complexity index is 251. The Morgan fingerprint density at radius 2 is 2.00 bits per heavy atom. The summed E-state index contributed by atoms with van der Waals surface area (Å²) < 4.78 is 5.20. The van der Waals surface area contributed by atoms with Crippen LogP contribution in [0, 0.1) is 5.92 Å². The van der Waals surface area contributed by atoms with Gasteiger partial charge in [-0.25, -0.2) is 4.79 Å². The van der Waals surface area contributed by atoms with Gasteiger partial charge in [0.1, 0.15) is 5.60 Å². The molecule has 0 radical (unpaired) electrons. The normalized spacial score (nSPS) is 29.8. The van der Waals surface area contributed by atoms with E-state index in [1.807, 2.05) is 20.8 Å². The van der Waals surface area contributed by atoms with Gasteiger partial charge in [-0.2, -0.15) is 0 Å². The Morgan fingerprint density at radius 3 is 2.53 bits per heavy atom. The van der Waals surface area contributed by atoms with Crippen LogP contribution in [-0.2, 0) is 4.74 Å². The molecule has 0 aromatic heterocycles. The van der Waals surface area contributed by atoms with Crippen molar-refractivity contribution < 1.29 is 9.53 Å². The fraction of sp³-hybridized carbons (Fsp3) is 0.923. The van der Waals surface area contributed by atoms with Crippen LogP contribution < -0.4 is 10.6 Å². The molecule has 1 fully saturated rings. The smallest absolute Gasteiger partial charge is 0.407 e. The highest BCUT2D eigenvalue weighted by Gasteiger charge is 2.24. The van der Waals surface area contributed by atoms with Crippen molar-refractivity contribution in [2.75, 3.05) is 6.54 Å². The zero-order chi connectivity index (χ0) is 13.1. The second-order valence-corrected chi connectivity index (χ2v) is 6.22. The molecule has 3 unspecified atom stereocenters. The van der Waals surface area contributed by atoms with Gasteiger partial charge in [0.2, 0.25) is 0 Å². The van der Waals surface area contributed by atoms with E-state index < -0.39 is 5.60 Å². The number of ether oxygens (including phenoxy) is 1. The summed E-state index contributed by atoms with van der Waals surface area (Å²) in [5.41, 5.74) is -0.426. The van der Waals surface area contributed by atoms with Crippen LogP contribution in [0.1, 0.15) is 47.5 Å². The van der Waals surface area contributed by atoms with E-state index in [0.717, 1.165) is 12.3 Å². The van der Waals surface area contributed by atoms with Crippen molar-refractivity contribution in [2.24, 2.45) is 5.92 Å². The van der Waals surface area contributed by atoms with E-state index in [1.54, 1.807) is 0 Å². The molecule has 1 heterocycles. The van der Waals surface area contributed by atoms with E-state index in [2.05, 4.69) is 24.5 Å². The van der Waals surface area contributed by atoms with Crippen molar-refractivity contribution in [1.29, 1.82) is 0 Å². The highest BCUT2D eigenvalue weighted by atomic mass is 16.6. The van der Waals surface area contributed by atoms with Crippen LogP contribution in [0.4, 0.5) is 4.79 Å². The zero-order valence-electron chi connectivity index (χ0n) is 11.7. The maximum Gasteiger partial charge on any atom is 0.407 e. The zero-order valence-corrected chi connectivity index (χ0v) is 11.7. The predicted octanol–water partition coefficient (Wildman–Crippen LogP) is 2.29. The van der Waals surface area contributed by atoms with E-state index in [4.69, 9.17) is 4.74 Å². The third-order valence-corrected chi connectivity index (χ3v) is 2.85. The summed E-state index contributed by atoms with van der Waals surface area (Å²) in [5, 5.41) is 6.32. The van der Waals surface area contributed by atoms with Crippen LogP contribution in [-0.4, -0.2) is 30.3 Å². The summed E-state index contributed by atoms with van der Waals surface area (Å²) in [6.45, 7) is 10.7. The molecule has 1 rings (SSSR count). The summed E-state index contributed by atoms with van der Waals surface area (Å²) in [6, 6.07) is 0.894. The van der Waals surface area contributed by atoms with Gasteiger partial charge in [-0.15, -0.1) is 0 Å². The third kappa shape index (κ3) is 5.91. The first-order valence-corrected chi connectivity index (χ1v) is 6.49. The molecule has 0 spiro atoms. The van der Waals surface area contributed by atoms with Crippen molar-refractivity contribution in [2.45, 2.75) is 65.1 Å². The minimum Gasteiger partial charge on any atom is -0.444 e. The van der Waals surface area contributed by atoms with Gasteiger partial charge in [0.05, 0.1) is 0 Å². The second-order valence-electron chi connectivity index (χ2n) is 6.22. The Balaban J connectivity index is 2.28. The van der Waals surface area contributed by atoms with Gasteiger partial charge in [0.15, 0.2) is 0 Å². The minimum atomic E-state index is -0.426. The molecule has 0 saturated carbocycles. The summed E-state index contributed by atoms with van der Waals surface area (Å²) >= 11 is 0. The molecular weight excluding hydrogens is 216 g/mol. The molecule has 0 aromatic carbocycles. The van der Waals surface area contributed by atoms with Crippen molar-refractivity contribution in [3.63, 3.8) is 0 Å². The molecule has 2 N–H and O–H groups in total. The predicted molar refractivity (Wildman–Crippen MR) is 69.0 cm³/mol. The molecule has 0 aliphatic carbocycles. The van der Waals surface area contributed by atoms with Gasteiger partial charge in [0.25, 0.3) is 0 Å². The number of nitrogens with one attached hydrogen (secondary N) is 2. The fourth-order valence-corrected chi connectivity index (χ4v) is 2.39. The van der Waals surface area contributed by atoms with Crippen LogP contribution in [0.2, 0.25) is 0 Å². The Hall–Kier alpha value is -0.770.